The number of aromatic nitrogens is 4. The topological polar surface area (TPSA) is 84.7 Å². The Bertz CT molecular complexity index is 647. The van der Waals surface area contributed by atoms with Gasteiger partial charge in [0.25, 0.3) is 0 Å². The molecule has 22 heavy (non-hydrogen) atoms. The lowest BCUT2D eigenvalue weighted by molar-refractivity contribution is -0.120. The first kappa shape index (κ1) is 14.4. The Kier molecular flexibility index (Phi) is 4.55. The van der Waals surface area contributed by atoms with Crippen molar-refractivity contribution in [2.75, 3.05) is 19.6 Å². The highest BCUT2D eigenvalue weighted by Gasteiger charge is 2.07. The van der Waals surface area contributed by atoms with E-state index in [1.165, 1.54) is 11.9 Å². The summed E-state index contributed by atoms with van der Waals surface area (Å²) in [6.45, 7) is 2.52. The molecular weight excluding hydrogens is 280 g/mol. The molecule has 0 aliphatic carbocycles. The van der Waals surface area contributed by atoms with E-state index >= 15 is 0 Å². The van der Waals surface area contributed by atoms with E-state index in [1.807, 2.05) is 24.3 Å². The van der Waals surface area contributed by atoms with Gasteiger partial charge in [0.2, 0.25) is 5.91 Å². The number of benzene rings is 1. The lowest BCUT2D eigenvalue weighted by atomic mass is 10.1. The summed E-state index contributed by atoms with van der Waals surface area (Å²) in [5.74, 6) is 0.0367. The molecule has 2 heterocycles. The van der Waals surface area contributed by atoms with Gasteiger partial charge in [0.05, 0.1) is 12.1 Å². The Morgan fingerprint density at radius 2 is 2.18 bits per heavy atom. The van der Waals surface area contributed by atoms with Crippen LogP contribution in [-0.4, -0.2) is 45.7 Å². The summed E-state index contributed by atoms with van der Waals surface area (Å²) in [4.78, 5) is 12.0. The van der Waals surface area contributed by atoms with Crippen LogP contribution < -0.4 is 10.6 Å². The normalized spacial score (nSPS) is 14.5. The van der Waals surface area contributed by atoms with Crippen molar-refractivity contribution in [3.05, 3.63) is 47.8 Å². The smallest absolute Gasteiger partial charge is 0.224 e. The van der Waals surface area contributed by atoms with Crippen molar-refractivity contribution in [1.82, 2.24) is 30.8 Å². The fourth-order valence-electron chi connectivity index (χ4n) is 2.34. The van der Waals surface area contributed by atoms with Crippen LogP contribution in [0.15, 0.2) is 42.2 Å². The van der Waals surface area contributed by atoms with Gasteiger partial charge in [-0.1, -0.05) is 23.8 Å². The maximum absolute atomic E-state index is 12.0. The number of amides is 1. The predicted octanol–water partition coefficient (Wildman–Crippen LogP) is 0.241. The fourth-order valence-corrected chi connectivity index (χ4v) is 2.34. The van der Waals surface area contributed by atoms with Gasteiger partial charge in [-0.3, -0.25) is 4.79 Å². The molecule has 2 aromatic rings. The molecule has 0 saturated carbocycles. The SMILES string of the molecule is O=C(Cc1ccc(-n2cnnn2)cc1)NCC1=CCNCC1. The highest BCUT2D eigenvalue weighted by molar-refractivity contribution is 5.78. The number of nitrogens with zero attached hydrogens (tertiary/aromatic N) is 4. The van der Waals surface area contributed by atoms with E-state index in [2.05, 4.69) is 32.2 Å². The Balaban J connectivity index is 1.52. The summed E-state index contributed by atoms with van der Waals surface area (Å²) < 4.78 is 1.58. The van der Waals surface area contributed by atoms with Crippen LogP contribution >= 0.6 is 0 Å². The molecule has 7 nitrogen and oxygen atoms in total. The summed E-state index contributed by atoms with van der Waals surface area (Å²) in [6, 6.07) is 7.63. The van der Waals surface area contributed by atoms with Crippen molar-refractivity contribution >= 4 is 5.91 Å². The van der Waals surface area contributed by atoms with E-state index < -0.39 is 0 Å². The summed E-state index contributed by atoms with van der Waals surface area (Å²) >= 11 is 0. The predicted molar refractivity (Wildman–Crippen MR) is 81.4 cm³/mol. The van der Waals surface area contributed by atoms with Gasteiger partial charge in [0.1, 0.15) is 6.33 Å². The Morgan fingerprint density at radius 1 is 1.32 bits per heavy atom. The minimum Gasteiger partial charge on any atom is -0.352 e. The molecule has 0 fully saturated rings. The van der Waals surface area contributed by atoms with Gasteiger partial charge in [0, 0.05) is 13.1 Å². The van der Waals surface area contributed by atoms with Crippen molar-refractivity contribution in [2.45, 2.75) is 12.8 Å². The molecule has 3 rings (SSSR count). The maximum atomic E-state index is 12.0. The number of nitrogens with one attached hydrogen (secondary N) is 2. The summed E-state index contributed by atoms with van der Waals surface area (Å²) in [5.41, 5.74) is 3.13. The standard InChI is InChI=1S/C15H18N6O/c22-15(17-10-13-5-7-16-8-6-13)9-12-1-3-14(4-2-12)21-11-18-19-20-21/h1-5,11,16H,6-10H2,(H,17,22). The Morgan fingerprint density at radius 3 is 2.86 bits per heavy atom. The molecule has 1 aliphatic rings. The second kappa shape index (κ2) is 6.95. The Labute approximate surface area is 128 Å². The lowest BCUT2D eigenvalue weighted by Crippen LogP contribution is -2.30. The van der Waals surface area contributed by atoms with Gasteiger partial charge in [0.15, 0.2) is 0 Å². The molecule has 1 aromatic carbocycles. The van der Waals surface area contributed by atoms with Gasteiger partial charge in [-0.15, -0.1) is 5.10 Å². The van der Waals surface area contributed by atoms with Crippen LogP contribution in [0.25, 0.3) is 5.69 Å². The van der Waals surface area contributed by atoms with E-state index in [0.717, 1.165) is 30.8 Å². The van der Waals surface area contributed by atoms with Crippen LogP contribution in [0.3, 0.4) is 0 Å². The molecule has 0 unspecified atom stereocenters. The molecular formula is C15H18N6O. The molecule has 1 aliphatic heterocycles. The fraction of sp³-hybridized carbons (Fsp3) is 0.333. The van der Waals surface area contributed by atoms with Crippen LogP contribution in [-0.2, 0) is 11.2 Å². The molecule has 1 aromatic heterocycles. The Hall–Kier alpha value is -2.54. The second-order valence-electron chi connectivity index (χ2n) is 5.19. The molecule has 0 radical (unpaired) electrons. The minimum atomic E-state index is 0.0367. The molecule has 2 N–H and O–H groups in total. The van der Waals surface area contributed by atoms with Gasteiger partial charge in [-0.05, 0) is 41.1 Å². The number of carbonyl (C=O) groups excluding carboxylic acids is 1. The van der Waals surface area contributed by atoms with Gasteiger partial charge in [-0.25, -0.2) is 4.68 Å². The summed E-state index contributed by atoms with van der Waals surface area (Å²) in [6.07, 6.45) is 5.06. The van der Waals surface area contributed by atoms with Gasteiger partial charge < -0.3 is 10.6 Å². The largest absolute Gasteiger partial charge is 0.352 e. The number of hydrogen-bond donors (Lipinski definition) is 2. The third-order valence-electron chi connectivity index (χ3n) is 3.59. The van der Waals surface area contributed by atoms with Gasteiger partial charge in [-0.2, -0.15) is 0 Å². The molecule has 0 atom stereocenters. The van der Waals surface area contributed by atoms with Crippen LogP contribution in [0, 0.1) is 0 Å². The van der Waals surface area contributed by atoms with Crippen molar-refractivity contribution in [2.24, 2.45) is 0 Å². The summed E-state index contributed by atoms with van der Waals surface area (Å²) in [7, 11) is 0. The molecule has 114 valence electrons. The van der Waals surface area contributed by atoms with E-state index in [-0.39, 0.29) is 5.91 Å². The zero-order valence-corrected chi connectivity index (χ0v) is 12.2. The van der Waals surface area contributed by atoms with Crippen molar-refractivity contribution in [3.8, 4) is 5.69 Å². The number of hydrogen-bond acceptors (Lipinski definition) is 5. The molecule has 1 amide bonds. The number of tetrazole rings is 1. The number of rotatable bonds is 5. The van der Waals surface area contributed by atoms with Crippen LogP contribution in [0.4, 0.5) is 0 Å². The zero-order chi connectivity index (χ0) is 15.2. The average Bonchev–Trinajstić information content (AvgIpc) is 3.09. The number of carbonyl (C=O) groups is 1. The van der Waals surface area contributed by atoms with E-state index in [4.69, 9.17) is 0 Å². The summed E-state index contributed by atoms with van der Waals surface area (Å²) in [5, 5.41) is 17.2. The minimum absolute atomic E-state index is 0.0367. The highest BCUT2D eigenvalue weighted by Crippen LogP contribution is 2.08. The van der Waals surface area contributed by atoms with E-state index in [0.29, 0.717) is 13.0 Å². The third kappa shape index (κ3) is 3.76. The third-order valence-corrected chi connectivity index (χ3v) is 3.59. The second-order valence-corrected chi connectivity index (χ2v) is 5.19. The van der Waals surface area contributed by atoms with Crippen molar-refractivity contribution in [1.29, 1.82) is 0 Å². The van der Waals surface area contributed by atoms with Crippen molar-refractivity contribution in [3.63, 3.8) is 0 Å². The monoisotopic (exact) mass is 298 g/mol. The molecule has 0 saturated heterocycles. The quantitative estimate of drug-likeness (QED) is 0.773. The zero-order valence-electron chi connectivity index (χ0n) is 12.2. The molecule has 0 bridgehead atoms. The van der Waals surface area contributed by atoms with Crippen LogP contribution in [0.2, 0.25) is 0 Å². The first-order valence-electron chi connectivity index (χ1n) is 7.29. The first-order valence-corrected chi connectivity index (χ1v) is 7.29. The average molecular weight is 298 g/mol. The highest BCUT2D eigenvalue weighted by atomic mass is 16.1. The van der Waals surface area contributed by atoms with Crippen molar-refractivity contribution < 1.29 is 4.79 Å². The molecule has 7 heteroatoms. The first-order chi connectivity index (χ1) is 10.8. The maximum Gasteiger partial charge on any atom is 0.224 e. The van der Waals surface area contributed by atoms with Crippen LogP contribution in [0.1, 0.15) is 12.0 Å². The van der Waals surface area contributed by atoms with Crippen LogP contribution in [0.5, 0.6) is 0 Å². The van der Waals surface area contributed by atoms with E-state index in [9.17, 15) is 4.79 Å². The van der Waals surface area contributed by atoms with E-state index in [1.54, 1.807) is 4.68 Å². The lowest BCUT2D eigenvalue weighted by Gasteiger charge is -2.14. The molecule has 0 spiro atoms. The van der Waals surface area contributed by atoms with Gasteiger partial charge >= 0.3 is 0 Å².